The van der Waals surface area contributed by atoms with Crippen LogP contribution in [0, 0.1) is 0 Å². The van der Waals surface area contributed by atoms with Gasteiger partial charge in [-0.2, -0.15) is 0 Å². The highest BCUT2D eigenvalue weighted by Gasteiger charge is 2.25. The summed E-state index contributed by atoms with van der Waals surface area (Å²) in [6.07, 6.45) is 5.60. The van der Waals surface area contributed by atoms with Crippen LogP contribution >= 0.6 is 0 Å². The first-order valence-electron chi connectivity index (χ1n) is 11.0. The summed E-state index contributed by atoms with van der Waals surface area (Å²) in [6, 6.07) is 11.0. The fourth-order valence-electron chi connectivity index (χ4n) is 3.33. The molecule has 174 valence electrons. The quantitative estimate of drug-likeness (QED) is 0.521. The number of esters is 1. The summed E-state index contributed by atoms with van der Waals surface area (Å²) < 4.78 is 10.1. The summed E-state index contributed by atoms with van der Waals surface area (Å²) in [5.74, 6) is -0.540. The number of aryl methyl sites for hydroxylation is 2. The number of aromatic nitrogens is 3. The molecule has 0 aromatic carbocycles. The zero-order chi connectivity index (χ0) is 23.8. The van der Waals surface area contributed by atoms with Gasteiger partial charge >= 0.3 is 12.1 Å². The van der Waals surface area contributed by atoms with Crippen molar-refractivity contribution in [1.29, 1.82) is 0 Å². The van der Waals surface area contributed by atoms with E-state index in [1.165, 1.54) is 7.11 Å². The summed E-state index contributed by atoms with van der Waals surface area (Å²) >= 11 is 0. The van der Waals surface area contributed by atoms with Gasteiger partial charge in [-0.25, -0.2) is 19.6 Å². The van der Waals surface area contributed by atoms with Crippen molar-refractivity contribution >= 4 is 23.1 Å². The Kier molecular flexibility index (Phi) is 7.92. The molecule has 33 heavy (non-hydrogen) atoms. The fourth-order valence-corrected chi connectivity index (χ4v) is 3.33. The molecule has 0 aliphatic heterocycles. The molecule has 0 radical (unpaired) electrons. The average Bonchev–Trinajstić information content (AvgIpc) is 2.78. The molecule has 8 nitrogen and oxygen atoms in total. The number of ether oxygens (including phenoxy) is 2. The number of methoxy groups -OCH3 is 1. The molecule has 0 fully saturated rings. The maximum atomic E-state index is 12.1. The minimum absolute atomic E-state index is 0.257. The Labute approximate surface area is 193 Å². The van der Waals surface area contributed by atoms with Gasteiger partial charge in [-0.3, -0.25) is 4.98 Å². The molecule has 1 N–H and O–H groups in total. The first kappa shape index (κ1) is 24.1. The Hall–Kier alpha value is -3.55. The van der Waals surface area contributed by atoms with E-state index in [1.807, 2.05) is 36.4 Å². The molecule has 3 aromatic heterocycles. The SMILES string of the molecule is COC(=O)[C@H](Cc1ccc(CCCc2ccc3cccnc3n2)nc1)NC(=O)OC(C)(C)C. The first-order chi connectivity index (χ1) is 15.7. The number of hydrogen-bond donors (Lipinski definition) is 1. The van der Waals surface area contributed by atoms with Gasteiger partial charge in [0.25, 0.3) is 0 Å². The molecule has 0 saturated heterocycles. The van der Waals surface area contributed by atoms with E-state index in [4.69, 9.17) is 9.47 Å². The number of nitrogens with zero attached hydrogens (tertiary/aromatic N) is 3. The highest BCUT2D eigenvalue weighted by Crippen LogP contribution is 2.13. The molecule has 0 bridgehead atoms. The topological polar surface area (TPSA) is 103 Å². The van der Waals surface area contributed by atoms with Gasteiger partial charge in [-0.15, -0.1) is 0 Å². The standard InChI is InChI=1S/C25H30N4O4/c1-25(2,3)33-24(31)29-21(23(30)32-4)15-17-10-12-19(27-16-17)8-5-9-20-13-11-18-7-6-14-26-22(18)28-20/h6-7,10-14,16,21H,5,8-9,15H2,1-4H3,(H,29,31)/t21-/m0/s1. The number of pyridine rings is 3. The van der Waals surface area contributed by atoms with Crippen LogP contribution in [0.5, 0.6) is 0 Å². The van der Waals surface area contributed by atoms with Gasteiger partial charge < -0.3 is 14.8 Å². The third-order valence-electron chi connectivity index (χ3n) is 4.89. The molecule has 0 unspecified atom stereocenters. The van der Waals surface area contributed by atoms with Crippen LogP contribution in [0.4, 0.5) is 4.79 Å². The minimum atomic E-state index is -0.856. The second-order valence-corrected chi connectivity index (χ2v) is 8.79. The van der Waals surface area contributed by atoms with Gasteiger partial charge in [0.05, 0.1) is 7.11 Å². The van der Waals surface area contributed by atoms with Gasteiger partial charge in [-0.05, 0) is 75.9 Å². The van der Waals surface area contributed by atoms with E-state index in [1.54, 1.807) is 33.2 Å². The van der Waals surface area contributed by atoms with E-state index in [0.717, 1.165) is 47.2 Å². The van der Waals surface area contributed by atoms with Crippen molar-refractivity contribution in [3.63, 3.8) is 0 Å². The van der Waals surface area contributed by atoms with Crippen molar-refractivity contribution in [3.8, 4) is 0 Å². The third kappa shape index (κ3) is 7.52. The third-order valence-corrected chi connectivity index (χ3v) is 4.89. The molecule has 1 amide bonds. The average molecular weight is 451 g/mol. The molecular formula is C25H30N4O4. The minimum Gasteiger partial charge on any atom is -0.467 e. The fraction of sp³-hybridized carbons (Fsp3) is 0.400. The van der Waals surface area contributed by atoms with Crippen LogP contribution in [0.3, 0.4) is 0 Å². The zero-order valence-corrected chi connectivity index (χ0v) is 19.5. The molecule has 0 aliphatic rings. The maximum absolute atomic E-state index is 12.1. The number of amides is 1. The number of fused-ring (bicyclic) bond motifs is 1. The van der Waals surface area contributed by atoms with Crippen molar-refractivity contribution in [1.82, 2.24) is 20.3 Å². The highest BCUT2D eigenvalue weighted by molar-refractivity contribution is 5.81. The lowest BCUT2D eigenvalue weighted by atomic mass is 10.1. The summed E-state index contributed by atoms with van der Waals surface area (Å²) in [4.78, 5) is 37.6. The molecule has 0 aliphatic carbocycles. The predicted molar refractivity (Wildman–Crippen MR) is 125 cm³/mol. The number of carbonyl (C=O) groups excluding carboxylic acids is 2. The van der Waals surface area contributed by atoms with Crippen molar-refractivity contribution in [2.75, 3.05) is 7.11 Å². The van der Waals surface area contributed by atoms with E-state index in [2.05, 4.69) is 20.3 Å². The van der Waals surface area contributed by atoms with Gasteiger partial charge in [0, 0.05) is 35.6 Å². The van der Waals surface area contributed by atoms with E-state index < -0.39 is 23.7 Å². The summed E-state index contributed by atoms with van der Waals surface area (Å²) in [6.45, 7) is 5.28. The monoisotopic (exact) mass is 450 g/mol. The Morgan fingerprint density at radius 3 is 2.48 bits per heavy atom. The second-order valence-electron chi connectivity index (χ2n) is 8.79. The van der Waals surface area contributed by atoms with Gasteiger partial charge in [0.15, 0.2) is 5.65 Å². The zero-order valence-electron chi connectivity index (χ0n) is 19.5. The molecule has 1 atom stereocenters. The Morgan fingerprint density at radius 2 is 1.79 bits per heavy atom. The van der Waals surface area contributed by atoms with Crippen molar-refractivity contribution < 1.29 is 19.1 Å². The lowest BCUT2D eigenvalue weighted by Gasteiger charge is -2.22. The van der Waals surface area contributed by atoms with Crippen molar-refractivity contribution in [2.45, 2.75) is 58.1 Å². The number of hydrogen-bond acceptors (Lipinski definition) is 7. The van der Waals surface area contributed by atoms with Gasteiger partial charge in [-0.1, -0.05) is 6.07 Å². The lowest BCUT2D eigenvalue weighted by molar-refractivity contribution is -0.143. The predicted octanol–water partition coefficient (Wildman–Crippen LogP) is 3.81. The van der Waals surface area contributed by atoms with Crippen LogP contribution in [0.15, 0.2) is 48.8 Å². The molecule has 3 aromatic rings. The molecule has 3 heterocycles. The Balaban J connectivity index is 1.54. The van der Waals surface area contributed by atoms with E-state index in [0.29, 0.717) is 0 Å². The maximum Gasteiger partial charge on any atom is 0.408 e. The van der Waals surface area contributed by atoms with Crippen LogP contribution in [0.25, 0.3) is 11.0 Å². The van der Waals surface area contributed by atoms with Crippen LogP contribution in [-0.2, 0) is 33.5 Å². The van der Waals surface area contributed by atoms with Gasteiger partial charge in [0.1, 0.15) is 11.6 Å². The van der Waals surface area contributed by atoms with Crippen LogP contribution in [0.1, 0.15) is 44.1 Å². The van der Waals surface area contributed by atoms with E-state index >= 15 is 0 Å². The van der Waals surface area contributed by atoms with Gasteiger partial charge in [0.2, 0.25) is 0 Å². The van der Waals surface area contributed by atoms with Crippen LogP contribution < -0.4 is 5.32 Å². The smallest absolute Gasteiger partial charge is 0.408 e. The number of rotatable bonds is 8. The molecule has 3 rings (SSSR count). The van der Waals surface area contributed by atoms with E-state index in [9.17, 15) is 9.59 Å². The van der Waals surface area contributed by atoms with E-state index in [-0.39, 0.29) is 6.42 Å². The largest absolute Gasteiger partial charge is 0.467 e. The van der Waals surface area contributed by atoms with Crippen LogP contribution in [0.2, 0.25) is 0 Å². The molecule has 8 heteroatoms. The summed E-state index contributed by atoms with van der Waals surface area (Å²) in [5, 5.41) is 3.61. The normalized spacial score (nSPS) is 12.2. The summed E-state index contributed by atoms with van der Waals surface area (Å²) in [5.41, 5.74) is 2.87. The molecule has 0 spiro atoms. The number of nitrogens with one attached hydrogen (secondary N) is 1. The molecule has 0 saturated carbocycles. The summed E-state index contributed by atoms with van der Waals surface area (Å²) in [7, 11) is 1.29. The second kappa shape index (κ2) is 10.8. The Bertz CT molecular complexity index is 1090. The lowest BCUT2D eigenvalue weighted by Crippen LogP contribution is -2.45. The van der Waals surface area contributed by atoms with Crippen molar-refractivity contribution in [3.05, 3.63) is 65.7 Å². The first-order valence-corrected chi connectivity index (χ1v) is 11.0. The number of alkyl carbamates (subject to hydrolysis) is 1. The van der Waals surface area contributed by atoms with Crippen LogP contribution in [-0.4, -0.2) is 45.8 Å². The van der Waals surface area contributed by atoms with Crippen molar-refractivity contribution in [2.24, 2.45) is 0 Å². The Morgan fingerprint density at radius 1 is 1.03 bits per heavy atom. The molecular weight excluding hydrogens is 420 g/mol. The highest BCUT2D eigenvalue weighted by atomic mass is 16.6. The number of carbonyl (C=O) groups is 2.